The predicted molar refractivity (Wildman–Crippen MR) is 101 cm³/mol. The number of carbonyl (C=O) groups excluding carboxylic acids is 1. The van der Waals surface area contributed by atoms with Gasteiger partial charge in [-0.05, 0) is 31.2 Å². The standard InChI is InChI=1S/C19H22ClN3O2/c1-14-5-7-15(8-6-14)25-13-18(24)22-9-11-23(12-10-22)19-16(20)3-2-4-17(19)21/h2-8H,9-13,21H2,1H3. The number of benzene rings is 2. The van der Waals surface area contributed by atoms with Crippen molar-refractivity contribution in [2.45, 2.75) is 6.92 Å². The lowest BCUT2D eigenvalue weighted by Gasteiger charge is -2.36. The van der Waals surface area contributed by atoms with Crippen molar-refractivity contribution < 1.29 is 9.53 Å². The van der Waals surface area contributed by atoms with Gasteiger partial charge in [0.25, 0.3) is 5.91 Å². The molecule has 1 aliphatic rings. The number of piperazine rings is 1. The van der Waals surface area contributed by atoms with Gasteiger partial charge in [0.05, 0.1) is 16.4 Å². The molecule has 0 radical (unpaired) electrons. The van der Waals surface area contributed by atoms with Crippen LogP contribution in [0.5, 0.6) is 5.75 Å². The van der Waals surface area contributed by atoms with Gasteiger partial charge in [-0.3, -0.25) is 4.79 Å². The summed E-state index contributed by atoms with van der Waals surface area (Å²) in [6, 6.07) is 13.2. The third-order valence-electron chi connectivity index (χ3n) is 4.35. The predicted octanol–water partition coefficient (Wildman–Crippen LogP) is 2.96. The Morgan fingerprint density at radius 3 is 2.44 bits per heavy atom. The summed E-state index contributed by atoms with van der Waals surface area (Å²) in [6.45, 7) is 4.72. The van der Waals surface area contributed by atoms with Gasteiger partial charge >= 0.3 is 0 Å². The lowest BCUT2D eigenvalue weighted by atomic mass is 10.2. The smallest absolute Gasteiger partial charge is 0.260 e. The summed E-state index contributed by atoms with van der Waals surface area (Å²) in [4.78, 5) is 16.3. The normalized spacial score (nSPS) is 14.5. The summed E-state index contributed by atoms with van der Waals surface area (Å²) >= 11 is 6.27. The van der Waals surface area contributed by atoms with Crippen LogP contribution in [0.3, 0.4) is 0 Å². The van der Waals surface area contributed by atoms with Crippen molar-refractivity contribution in [2.75, 3.05) is 43.4 Å². The maximum absolute atomic E-state index is 12.3. The van der Waals surface area contributed by atoms with E-state index in [0.29, 0.717) is 42.6 Å². The minimum Gasteiger partial charge on any atom is -0.484 e. The fourth-order valence-corrected chi connectivity index (χ4v) is 3.22. The molecule has 0 unspecified atom stereocenters. The summed E-state index contributed by atoms with van der Waals surface area (Å²) in [7, 11) is 0. The van der Waals surface area contributed by atoms with Crippen LogP contribution in [0.4, 0.5) is 11.4 Å². The number of carbonyl (C=O) groups is 1. The maximum atomic E-state index is 12.3. The maximum Gasteiger partial charge on any atom is 0.260 e. The number of amides is 1. The first-order valence-corrected chi connectivity index (χ1v) is 8.68. The highest BCUT2D eigenvalue weighted by molar-refractivity contribution is 6.34. The Bertz CT molecular complexity index is 721. The Balaban J connectivity index is 1.53. The van der Waals surface area contributed by atoms with Gasteiger partial charge in [-0.15, -0.1) is 0 Å². The lowest BCUT2D eigenvalue weighted by molar-refractivity contribution is -0.133. The van der Waals surface area contributed by atoms with Crippen molar-refractivity contribution in [2.24, 2.45) is 0 Å². The van der Waals surface area contributed by atoms with Crippen LogP contribution in [0.2, 0.25) is 5.02 Å². The Labute approximate surface area is 152 Å². The van der Waals surface area contributed by atoms with Crippen LogP contribution in [-0.2, 0) is 4.79 Å². The number of nitrogens with zero attached hydrogens (tertiary/aromatic N) is 2. The Hall–Kier alpha value is -2.40. The van der Waals surface area contributed by atoms with Crippen molar-refractivity contribution in [3.63, 3.8) is 0 Å². The summed E-state index contributed by atoms with van der Waals surface area (Å²) in [6.07, 6.45) is 0. The lowest BCUT2D eigenvalue weighted by Crippen LogP contribution is -2.50. The van der Waals surface area contributed by atoms with Gasteiger partial charge in [0.15, 0.2) is 6.61 Å². The first-order valence-electron chi connectivity index (χ1n) is 8.31. The topological polar surface area (TPSA) is 58.8 Å². The van der Waals surface area contributed by atoms with Crippen molar-refractivity contribution in [3.8, 4) is 5.75 Å². The molecule has 2 N–H and O–H groups in total. The number of aryl methyl sites for hydroxylation is 1. The van der Waals surface area contributed by atoms with Gasteiger partial charge in [-0.25, -0.2) is 0 Å². The quantitative estimate of drug-likeness (QED) is 0.853. The van der Waals surface area contributed by atoms with Crippen molar-refractivity contribution >= 4 is 28.9 Å². The minimum atomic E-state index is -0.00708. The molecule has 1 saturated heterocycles. The van der Waals surface area contributed by atoms with Gasteiger partial charge < -0.3 is 20.3 Å². The third kappa shape index (κ3) is 4.17. The summed E-state index contributed by atoms with van der Waals surface area (Å²) in [5.74, 6) is 0.703. The number of hydrogen-bond acceptors (Lipinski definition) is 4. The van der Waals surface area contributed by atoms with E-state index < -0.39 is 0 Å². The van der Waals surface area contributed by atoms with Crippen molar-refractivity contribution in [1.29, 1.82) is 0 Å². The SMILES string of the molecule is Cc1ccc(OCC(=O)N2CCN(c3c(N)cccc3Cl)CC2)cc1. The Morgan fingerprint density at radius 1 is 1.12 bits per heavy atom. The molecule has 0 aromatic heterocycles. The zero-order chi connectivity index (χ0) is 17.8. The molecular weight excluding hydrogens is 338 g/mol. The third-order valence-corrected chi connectivity index (χ3v) is 4.65. The van der Waals surface area contributed by atoms with E-state index in [-0.39, 0.29) is 12.5 Å². The highest BCUT2D eigenvalue weighted by atomic mass is 35.5. The van der Waals surface area contributed by atoms with E-state index in [1.807, 2.05) is 54.3 Å². The van der Waals surface area contributed by atoms with Crippen LogP contribution in [-0.4, -0.2) is 43.6 Å². The molecule has 25 heavy (non-hydrogen) atoms. The van der Waals surface area contributed by atoms with E-state index in [2.05, 4.69) is 4.90 Å². The van der Waals surface area contributed by atoms with E-state index in [1.165, 1.54) is 0 Å². The van der Waals surface area contributed by atoms with E-state index in [9.17, 15) is 4.79 Å². The molecular formula is C19H22ClN3O2. The zero-order valence-electron chi connectivity index (χ0n) is 14.2. The second-order valence-electron chi connectivity index (χ2n) is 6.15. The average molecular weight is 360 g/mol. The van der Waals surface area contributed by atoms with Crippen LogP contribution < -0.4 is 15.4 Å². The number of para-hydroxylation sites is 1. The van der Waals surface area contributed by atoms with E-state index in [1.54, 1.807) is 0 Å². The molecule has 1 heterocycles. The molecule has 2 aromatic carbocycles. The van der Waals surface area contributed by atoms with Crippen molar-refractivity contribution in [3.05, 3.63) is 53.1 Å². The fourth-order valence-electron chi connectivity index (χ4n) is 2.92. The van der Waals surface area contributed by atoms with E-state index in [4.69, 9.17) is 22.1 Å². The molecule has 0 bridgehead atoms. The van der Waals surface area contributed by atoms with Crippen LogP contribution in [0.15, 0.2) is 42.5 Å². The number of rotatable bonds is 4. The minimum absolute atomic E-state index is 0.00708. The first-order chi connectivity index (χ1) is 12.0. The fraction of sp³-hybridized carbons (Fsp3) is 0.316. The van der Waals surface area contributed by atoms with Gasteiger partial charge in [0.1, 0.15) is 5.75 Å². The summed E-state index contributed by atoms with van der Waals surface area (Å²) in [5.41, 5.74) is 8.72. The van der Waals surface area contributed by atoms with E-state index in [0.717, 1.165) is 11.3 Å². The van der Waals surface area contributed by atoms with Crippen LogP contribution in [0.1, 0.15) is 5.56 Å². The molecule has 3 rings (SSSR count). The molecule has 2 aromatic rings. The molecule has 5 nitrogen and oxygen atoms in total. The first kappa shape index (κ1) is 17.4. The molecule has 6 heteroatoms. The highest BCUT2D eigenvalue weighted by Crippen LogP contribution is 2.32. The molecule has 0 spiro atoms. The number of ether oxygens (including phenoxy) is 1. The second-order valence-corrected chi connectivity index (χ2v) is 6.55. The summed E-state index contributed by atoms with van der Waals surface area (Å²) < 4.78 is 5.58. The van der Waals surface area contributed by atoms with Crippen LogP contribution >= 0.6 is 11.6 Å². The molecule has 132 valence electrons. The highest BCUT2D eigenvalue weighted by Gasteiger charge is 2.23. The largest absolute Gasteiger partial charge is 0.484 e. The monoisotopic (exact) mass is 359 g/mol. The van der Waals surface area contributed by atoms with E-state index >= 15 is 0 Å². The average Bonchev–Trinajstić information content (AvgIpc) is 2.61. The molecule has 0 atom stereocenters. The van der Waals surface area contributed by atoms with Gasteiger partial charge in [-0.1, -0.05) is 35.4 Å². The van der Waals surface area contributed by atoms with Crippen molar-refractivity contribution in [1.82, 2.24) is 4.90 Å². The molecule has 1 amide bonds. The summed E-state index contributed by atoms with van der Waals surface area (Å²) in [5, 5.41) is 0.641. The molecule has 0 aliphatic carbocycles. The Kier molecular flexibility index (Phi) is 5.34. The van der Waals surface area contributed by atoms with Gasteiger partial charge in [-0.2, -0.15) is 0 Å². The van der Waals surface area contributed by atoms with Crippen LogP contribution in [0.25, 0.3) is 0 Å². The van der Waals surface area contributed by atoms with Gasteiger partial charge in [0.2, 0.25) is 0 Å². The van der Waals surface area contributed by atoms with Gasteiger partial charge in [0, 0.05) is 26.2 Å². The number of nitrogen functional groups attached to an aromatic ring is 1. The molecule has 1 fully saturated rings. The van der Waals surface area contributed by atoms with Crippen LogP contribution in [0, 0.1) is 6.92 Å². The molecule has 1 aliphatic heterocycles. The number of hydrogen-bond donors (Lipinski definition) is 1. The number of anilines is 2. The number of halogens is 1. The Morgan fingerprint density at radius 2 is 1.80 bits per heavy atom. The zero-order valence-corrected chi connectivity index (χ0v) is 15.0. The number of nitrogens with two attached hydrogens (primary N) is 1. The second kappa shape index (κ2) is 7.66. The molecule has 0 saturated carbocycles.